The van der Waals surface area contributed by atoms with Crippen LogP contribution in [-0.2, 0) is 5.41 Å². The Labute approximate surface area is 184 Å². The van der Waals surface area contributed by atoms with Crippen molar-refractivity contribution in [3.8, 4) is 5.75 Å². The number of benzene rings is 2. The molecule has 0 aliphatic heterocycles. The van der Waals surface area contributed by atoms with Gasteiger partial charge in [-0.25, -0.2) is 17.6 Å². The summed E-state index contributed by atoms with van der Waals surface area (Å²) in [5, 5.41) is 14.8. The van der Waals surface area contributed by atoms with Gasteiger partial charge in [0.2, 0.25) is 0 Å². The summed E-state index contributed by atoms with van der Waals surface area (Å²) in [6.45, 7) is 2.73. The van der Waals surface area contributed by atoms with Crippen molar-refractivity contribution in [1.82, 2.24) is 4.98 Å². The molecule has 2 atom stereocenters. The zero-order valence-electron chi connectivity index (χ0n) is 18.1. The largest absolute Gasteiger partial charge is 0.496 e. The Balaban J connectivity index is 1.94. The van der Waals surface area contributed by atoms with Crippen LogP contribution in [0, 0.1) is 5.82 Å². The minimum Gasteiger partial charge on any atom is -0.496 e. The Kier molecular flexibility index (Phi) is 6.93. The number of rotatable bonds is 9. The molecule has 3 rings (SSSR count). The van der Waals surface area contributed by atoms with E-state index < -0.39 is 42.4 Å². The van der Waals surface area contributed by atoms with Gasteiger partial charge in [-0.2, -0.15) is 0 Å². The molecule has 0 amide bonds. The van der Waals surface area contributed by atoms with Gasteiger partial charge in [-0.05, 0) is 42.2 Å². The number of alkyl halides is 3. The standard InChI is InChI=1S/C24H26F4N2O2/c1-23(2,17-12-16(25)9-10-19(17)32-3)13-24(31,21(26)22(27)28)14-30-18-8-4-6-15-7-5-11-29-20(15)18/h4-12,21-22,30-31H,13-14H2,1-3H3. The topological polar surface area (TPSA) is 54.4 Å². The van der Waals surface area contributed by atoms with Gasteiger partial charge >= 0.3 is 0 Å². The molecule has 32 heavy (non-hydrogen) atoms. The fraction of sp³-hybridized carbons (Fsp3) is 0.375. The molecule has 172 valence electrons. The lowest BCUT2D eigenvalue weighted by Gasteiger charge is -2.39. The number of fused-ring (bicyclic) bond motifs is 1. The summed E-state index contributed by atoms with van der Waals surface area (Å²) in [4.78, 5) is 4.27. The molecule has 0 saturated carbocycles. The SMILES string of the molecule is COc1ccc(F)cc1C(C)(C)CC(O)(CNc1cccc2cccnc12)C(F)C(F)F. The van der Waals surface area contributed by atoms with Crippen molar-refractivity contribution >= 4 is 16.6 Å². The summed E-state index contributed by atoms with van der Waals surface area (Å²) >= 11 is 0. The van der Waals surface area contributed by atoms with E-state index in [0.29, 0.717) is 22.5 Å². The molecule has 2 unspecified atom stereocenters. The molecule has 1 heterocycles. The van der Waals surface area contributed by atoms with Gasteiger partial charge in [-0.3, -0.25) is 4.98 Å². The Bertz CT molecular complexity index is 1070. The summed E-state index contributed by atoms with van der Waals surface area (Å²) in [5.41, 5.74) is -2.18. The minimum atomic E-state index is -3.40. The normalized spacial score (nSPS) is 14.9. The summed E-state index contributed by atoms with van der Waals surface area (Å²) in [7, 11) is 1.39. The molecule has 0 bridgehead atoms. The number of ether oxygens (including phenoxy) is 1. The van der Waals surface area contributed by atoms with Crippen LogP contribution in [0.3, 0.4) is 0 Å². The van der Waals surface area contributed by atoms with Crippen molar-refractivity contribution in [2.75, 3.05) is 19.0 Å². The second kappa shape index (κ2) is 9.32. The molecule has 0 saturated heterocycles. The summed E-state index contributed by atoms with van der Waals surface area (Å²) in [5.74, 6) is -0.236. The number of hydrogen-bond acceptors (Lipinski definition) is 4. The van der Waals surface area contributed by atoms with Crippen LogP contribution in [0.15, 0.2) is 54.7 Å². The van der Waals surface area contributed by atoms with E-state index in [0.717, 1.165) is 5.39 Å². The third-order valence-electron chi connectivity index (χ3n) is 5.59. The van der Waals surface area contributed by atoms with Gasteiger partial charge in [0.05, 0.1) is 18.3 Å². The molecule has 0 spiro atoms. The van der Waals surface area contributed by atoms with Crippen molar-refractivity contribution in [1.29, 1.82) is 0 Å². The number of nitrogens with zero attached hydrogens (tertiary/aromatic N) is 1. The Morgan fingerprint density at radius 2 is 1.81 bits per heavy atom. The monoisotopic (exact) mass is 450 g/mol. The van der Waals surface area contributed by atoms with Crippen molar-refractivity contribution in [2.24, 2.45) is 0 Å². The first-order chi connectivity index (χ1) is 15.1. The molecule has 3 aromatic rings. The minimum absolute atomic E-state index is 0.317. The van der Waals surface area contributed by atoms with Crippen molar-refractivity contribution < 1.29 is 27.4 Å². The van der Waals surface area contributed by atoms with E-state index in [-0.39, 0.29) is 0 Å². The second-order valence-corrected chi connectivity index (χ2v) is 8.48. The average Bonchev–Trinajstić information content (AvgIpc) is 2.76. The van der Waals surface area contributed by atoms with E-state index in [4.69, 9.17) is 4.74 Å². The van der Waals surface area contributed by atoms with Crippen molar-refractivity contribution in [2.45, 2.75) is 43.9 Å². The number of hydrogen-bond donors (Lipinski definition) is 2. The summed E-state index contributed by atoms with van der Waals surface area (Å²) in [6.07, 6.45) is -5.08. The lowest BCUT2D eigenvalue weighted by Crippen LogP contribution is -2.52. The molecule has 1 aromatic heterocycles. The van der Waals surface area contributed by atoms with Gasteiger partial charge in [0.25, 0.3) is 6.43 Å². The first-order valence-corrected chi connectivity index (χ1v) is 10.1. The highest BCUT2D eigenvalue weighted by Crippen LogP contribution is 2.41. The van der Waals surface area contributed by atoms with Crippen LogP contribution >= 0.6 is 0 Å². The number of aliphatic hydroxyl groups is 1. The van der Waals surface area contributed by atoms with Crippen LogP contribution in [-0.4, -0.2) is 41.9 Å². The smallest absolute Gasteiger partial charge is 0.272 e. The van der Waals surface area contributed by atoms with Crippen LogP contribution in [0.4, 0.5) is 23.2 Å². The number of pyridine rings is 1. The quantitative estimate of drug-likeness (QED) is 0.423. The molecule has 4 nitrogen and oxygen atoms in total. The third kappa shape index (κ3) is 4.96. The number of nitrogens with one attached hydrogen (secondary N) is 1. The molecule has 0 aliphatic rings. The Morgan fingerprint density at radius 1 is 1.09 bits per heavy atom. The van der Waals surface area contributed by atoms with E-state index >= 15 is 0 Å². The van der Waals surface area contributed by atoms with Gasteiger partial charge in [0, 0.05) is 23.7 Å². The zero-order chi connectivity index (χ0) is 23.5. The van der Waals surface area contributed by atoms with Gasteiger partial charge in [0.15, 0.2) is 6.17 Å². The van der Waals surface area contributed by atoms with E-state index in [2.05, 4.69) is 10.3 Å². The third-order valence-corrected chi connectivity index (χ3v) is 5.59. The fourth-order valence-electron chi connectivity index (χ4n) is 4.06. The highest BCUT2D eigenvalue weighted by atomic mass is 19.3. The van der Waals surface area contributed by atoms with Gasteiger partial charge in [-0.15, -0.1) is 0 Å². The lowest BCUT2D eigenvalue weighted by molar-refractivity contribution is -0.103. The first-order valence-electron chi connectivity index (χ1n) is 10.1. The lowest BCUT2D eigenvalue weighted by atomic mass is 9.73. The van der Waals surface area contributed by atoms with Crippen LogP contribution < -0.4 is 10.1 Å². The number of anilines is 1. The van der Waals surface area contributed by atoms with Gasteiger partial charge in [-0.1, -0.05) is 32.0 Å². The highest BCUT2D eigenvalue weighted by molar-refractivity contribution is 5.90. The molecule has 0 radical (unpaired) electrons. The maximum absolute atomic E-state index is 14.7. The fourth-order valence-corrected chi connectivity index (χ4v) is 4.06. The molecule has 2 N–H and O–H groups in total. The summed E-state index contributed by atoms with van der Waals surface area (Å²) in [6, 6.07) is 12.6. The molecular weight excluding hydrogens is 424 g/mol. The van der Waals surface area contributed by atoms with Crippen LogP contribution in [0.1, 0.15) is 25.8 Å². The van der Waals surface area contributed by atoms with E-state index in [1.54, 1.807) is 38.2 Å². The van der Waals surface area contributed by atoms with Crippen LogP contribution in [0.2, 0.25) is 0 Å². The Hall–Kier alpha value is -2.87. The van der Waals surface area contributed by atoms with E-state index in [1.165, 1.54) is 25.3 Å². The second-order valence-electron chi connectivity index (χ2n) is 8.48. The molecule has 8 heteroatoms. The number of para-hydroxylation sites is 1. The number of methoxy groups -OCH3 is 1. The molecular formula is C24H26F4N2O2. The van der Waals surface area contributed by atoms with Crippen LogP contribution in [0.25, 0.3) is 10.9 Å². The average molecular weight is 450 g/mol. The highest BCUT2D eigenvalue weighted by Gasteiger charge is 2.47. The Morgan fingerprint density at radius 3 is 2.50 bits per heavy atom. The zero-order valence-corrected chi connectivity index (χ0v) is 18.1. The molecule has 2 aromatic carbocycles. The van der Waals surface area contributed by atoms with E-state index in [9.17, 15) is 22.7 Å². The number of halogens is 4. The maximum atomic E-state index is 14.7. The predicted octanol–water partition coefficient (Wildman–Crippen LogP) is 5.50. The molecule has 0 fully saturated rings. The van der Waals surface area contributed by atoms with Gasteiger partial charge in [0.1, 0.15) is 17.2 Å². The first kappa shape index (κ1) is 23.8. The van der Waals surface area contributed by atoms with Crippen molar-refractivity contribution in [3.05, 3.63) is 66.1 Å². The number of aromatic nitrogens is 1. The van der Waals surface area contributed by atoms with Crippen molar-refractivity contribution in [3.63, 3.8) is 0 Å². The van der Waals surface area contributed by atoms with Crippen LogP contribution in [0.5, 0.6) is 5.75 Å². The van der Waals surface area contributed by atoms with Gasteiger partial charge < -0.3 is 15.2 Å². The van der Waals surface area contributed by atoms with E-state index in [1.807, 2.05) is 12.1 Å². The predicted molar refractivity (Wildman–Crippen MR) is 117 cm³/mol. The molecule has 0 aliphatic carbocycles. The maximum Gasteiger partial charge on any atom is 0.272 e. The summed E-state index contributed by atoms with van der Waals surface area (Å²) < 4.78 is 60.8.